The van der Waals surface area contributed by atoms with E-state index >= 15 is 0 Å². The maximum atomic E-state index is 13.6. The molecule has 2 N–H and O–H groups in total. The molecule has 0 amide bonds. The third-order valence-corrected chi connectivity index (χ3v) is 2.40. The number of halogens is 2. The summed E-state index contributed by atoms with van der Waals surface area (Å²) in [6, 6.07) is 4.72. The van der Waals surface area contributed by atoms with Crippen molar-refractivity contribution < 1.29 is 4.39 Å². The molecule has 88 valence electrons. The summed E-state index contributed by atoms with van der Waals surface area (Å²) in [4.78, 5) is 8.12. The number of aromatic nitrogens is 2. The first kappa shape index (κ1) is 11.6. The first-order valence-electron chi connectivity index (χ1n) is 4.91. The van der Waals surface area contributed by atoms with Crippen LogP contribution in [0.1, 0.15) is 0 Å². The second kappa shape index (κ2) is 4.97. The van der Waals surface area contributed by atoms with E-state index in [1.54, 1.807) is 25.4 Å². The monoisotopic (exact) mass is 252 g/mol. The molecule has 6 heteroatoms. The highest BCUT2D eigenvalue weighted by atomic mass is 35.5. The molecule has 2 rings (SSSR count). The van der Waals surface area contributed by atoms with Gasteiger partial charge in [-0.1, -0.05) is 17.7 Å². The summed E-state index contributed by atoms with van der Waals surface area (Å²) in [5, 5.41) is 5.72. The van der Waals surface area contributed by atoms with Crippen LogP contribution in [-0.2, 0) is 0 Å². The molecular weight excluding hydrogens is 243 g/mol. The van der Waals surface area contributed by atoms with Crippen molar-refractivity contribution in [2.75, 3.05) is 17.7 Å². The van der Waals surface area contributed by atoms with Crippen molar-refractivity contribution in [1.29, 1.82) is 0 Å². The van der Waals surface area contributed by atoms with E-state index in [0.29, 0.717) is 11.6 Å². The normalized spacial score (nSPS) is 10.1. The molecule has 0 aliphatic heterocycles. The fourth-order valence-electron chi connectivity index (χ4n) is 1.28. The second-order valence-electron chi connectivity index (χ2n) is 3.27. The van der Waals surface area contributed by atoms with Crippen molar-refractivity contribution >= 4 is 28.9 Å². The molecule has 17 heavy (non-hydrogen) atoms. The number of nitrogens with zero attached hydrogens (tertiary/aromatic N) is 2. The fraction of sp³-hybridized carbons (Fsp3) is 0.0909. The van der Waals surface area contributed by atoms with Gasteiger partial charge in [0, 0.05) is 7.05 Å². The zero-order valence-electron chi connectivity index (χ0n) is 9.04. The predicted octanol–water partition coefficient (Wildman–Crippen LogP) is 3.05. The van der Waals surface area contributed by atoms with Crippen LogP contribution in [0.25, 0.3) is 0 Å². The lowest BCUT2D eigenvalue weighted by Crippen LogP contribution is -2.00. The summed E-state index contributed by atoms with van der Waals surface area (Å²) < 4.78 is 13.6. The highest BCUT2D eigenvalue weighted by molar-refractivity contribution is 6.31. The van der Waals surface area contributed by atoms with Gasteiger partial charge < -0.3 is 10.6 Å². The highest BCUT2D eigenvalue weighted by Gasteiger charge is 2.07. The van der Waals surface area contributed by atoms with Crippen molar-refractivity contribution in [2.45, 2.75) is 0 Å². The Morgan fingerprint density at radius 2 is 2.00 bits per heavy atom. The zero-order valence-corrected chi connectivity index (χ0v) is 9.79. The van der Waals surface area contributed by atoms with Gasteiger partial charge in [0.15, 0.2) is 11.6 Å². The number of hydrogen-bond acceptors (Lipinski definition) is 4. The van der Waals surface area contributed by atoms with E-state index in [9.17, 15) is 4.39 Å². The summed E-state index contributed by atoms with van der Waals surface area (Å²) in [7, 11) is 1.73. The number of nitrogens with one attached hydrogen (secondary N) is 2. The minimum absolute atomic E-state index is 0.0627. The van der Waals surface area contributed by atoms with Crippen LogP contribution >= 0.6 is 11.6 Å². The van der Waals surface area contributed by atoms with Gasteiger partial charge in [-0.3, -0.25) is 4.98 Å². The molecule has 0 aliphatic carbocycles. The number of anilines is 3. The van der Waals surface area contributed by atoms with Crippen LogP contribution in [0.15, 0.2) is 30.6 Å². The van der Waals surface area contributed by atoms with E-state index < -0.39 is 5.82 Å². The van der Waals surface area contributed by atoms with Crippen LogP contribution in [0.2, 0.25) is 5.02 Å². The summed E-state index contributed by atoms with van der Waals surface area (Å²) in [5.41, 5.74) is 0.264. The molecule has 0 aliphatic rings. The van der Waals surface area contributed by atoms with Gasteiger partial charge in [0.25, 0.3) is 0 Å². The van der Waals surface area contributed by atoms with Crippen molar-refractivity contribution in [3.63, 3.8) is 0 Å². The molecule has 0 unspecified atom stereocenters. The number of hydrogen-bond donors (Lipinski definition) is 2. The SMILES string of the molecule is CNc1cncc(Nc2cccc(Cl)c2F)n1. The van der Waals surface area contributed by atoms with Crippen molar-refractivity contribution in [3.05, 3.63) is 41.4 Å². The lowest BCUT2D eigenvalue weighted by molar-refractivity contribution is 0.632. The van der Waals surface area contributed by atoms with E-state index in [-0.39, 0.29) is 10.7 Å². The standard InChI is InChI=1S/C11H10ClFN4/c1-14-9-5-15-6-10(17-9)16-8-4-2-3-7(12)11(8)13/h2-6H,1H3,(H2,14,16,17). The Morgan fingerprint density at radius 1 is 1.24 bits per heavy atom. The van der Waals surface area contributed by atoms with Gasteiger partial charge in [-0.15, -0.1) is 0 Å². The Morgan fingerprint density at radius 3 is 2.76 bits per heavy atom. The van der Waals surface area contributed by atoms with Crippen molar-refractivity contribution in [2.24, 2.45) is 0 Å². The molecule has 0 saturated carbocycles. The molecule has 1 aromatic heterocycles. The molecular formula is C11H10ClFN4. The third kappa shape index (κ3) is 2.62. The molecule has 4 nitrogen and oxygen atoms in total. The van der Waals surface area contributed by atoms with Gasteiger partial charge in [-0.05, 0) is 12.1 Å². The van der Waals surface area contributed by atoms with Gasteiger partial charge in [0.2, 0.25) is 0 Å². The van der Waals surface area contributed by atoms with Gasteiger partial charge in [0.1, 0.15) is 5.82 Å². The van der Waals surface area contributed by atoms with Crippen LogP contribution in [0.5, 0.6) is 0 Å². The Bertz CT molecular complexity index is 533. The second-order valence-corrected chi connectivity index (χ2v) is 3.67. The summed E-state index contributed by atoms with van der Waals surface area (Å²) >= 11 is 5.68. The average molecular weight is 253 g/mol. The summed E-state index contributed by atoms with van der Waals surface area (Å²) in [5.74, 6) is 0.529. The molecule has 0 radical (unpaired) electrons. The largest absolute Gasteiger partial charge is 0.372 e. The van der Waals surface area contributed by atoms with E-state index in [4.69, 9.17) is 11.6 Å². The van der Waals surface area contributed by atoms with Crippen LogP contribution in [-0.4, -0.2) is 17.0 Å². The van der Waals surface area contributed by atoms with Crippen molar-refractivity contribution in [3.8, 4) is 0 Å². The topological polar surface area (TPSA) is 49.8 Å². The quantitative estimate of drug-likeness (QED) is 0.882. The Kier molecular flexibility index (Phi) is 3.39. The third-order valence-electron chi connectivity index (χ3n) is 2.11. The van der Waals surface area contributed by atoms with E-state index in [2.05, 4.69) is 20.6 Å². The van der Waals surface area contributed by atoms with Crippen LogP contribution in [0, 0.1) is 5.82 Å². The molecule has 0 spiro atoms. The molecule has 1 heterocycles. The fourth-order valence-corrected chi connectivity index (χ4v) is 1.46. The van der Waals surface area contributed by atoms with Gasteiger partial charge >= 0.3 is 0 Å². The average Bonchev–Trinajstić information content (AvgIpc) is 2.35. The van der Waals surface area contributed by atoms with Crippen LogP contribution in [0.3, 0.4) is 0 Å². The van der Waals surface area contributed by atoms with Gasteiger partial charge in [-0.25, -0.2) is 9.37 Å². The smallest absolute Gasteiger partial charge is 0.165 e. The van der Waals surface area contributed by atoms with E-state index in [1.807, 2.05) is 0 Å². The Balaban J connectivity index is 2.28. The first-order valence-corrected chi connectivity index (χ1v) is 5.29. The predicted molar refractivity (Wildman–Crippen MR) is 66.3 cm³/mol. The summed E-state index contributed by atoms with van der Waals surface area (Å²) in [6.07, 6.45) is 3.07. The van der Waals surface area contributed by atoms with E-state index in [1.165, 1.54) is 12.3 Å². The van der Waals surface area contributed by atoms with Gasteiger partial charge in [0.05, 0.1) is 23.1 Å². The lowest BCUT2D eigenvalue weighted by Gasteiger charge is -2.08. The van der Waals surface area contributed by atoms with Crippen molar-refractivity contribution in [1.82, 2.24) is 9.97 Å². The minimum atomic E-state index is -0.508. The lowest BCUT2D eigenvalue weighted by atomic mass is 10.3. The molecule has 0 bridgehead atoms. The van der Waals surface area contributed by atoms with Gasteiger partial charge in [-0.2, -0.15) is 0 Å². The minimum Gasteiger partial charge on any atom is -0.372 e. The maximum Gasteiger partial charge on any atom is 0.165 e. The van der Waals surface area contributed by atoms with Crippen LogP contribution < -0.4 is 10.6 Å². The number of rotatable bonds is 3. The molecule has 0 fully saturated rings. The summed E-state index contributed by atoms with van der Waals surface area (Å²) in [6.45, 7) is 0. The Labute approximate surface area is 103 Å². The molecule has 0 atom stereocenters. The molecule has 1 aromatic carbocycles. The molecule has 2 aromatic rings. The zero-order chi connectivity index (χ0) is 12.3. The van der Waals surface area contributed by atoms with Crippen LogP contribution in [0.4, 0.5) is 21.7 Å². The first-order chi connectivity index (χ1) is 8.20. The highest BCUT2D eigenvalue weighted by Crippen LogP contribution is 2.24. The van der Waals surface area contributed by atoms with E-state index in [0.717, 1.165) is 0 Å². The Hall–Kier alpha value is -1.88. The maximum absolute atomic E-state index is 13.6. The number of benzene rings is 1. The molecule has 0 saturated heterocycles.